The zero-order valence-electron chi connectivity index (χ0n) is 40.1. The molecule has 0 saturated carbocycles. The van der Waals surface area contributed by atoms with Crippen molar-refractivity contribution in [3.8, 4) is 0 Å². The molecule has 0 aliphatic carbocycles. The van der Waals surface area contributed by atoms with Crippen molar-refractivity contribution in [2.75, 3.05) is 52.1 Å². The van der Waals surface area contributed by atoms with Crippen LogP contribution in [0.1, 0.15) is 25.6 Å². The van der Waals surface area contributed by atoms with E-state index in [1.807, 2.05) is 4.98 Å². The van der Waals surface area contributed by atoms with Crippen molar-refractivity contribution in [2.45, 2.75) is 74.4 Å². The fourth-order valence-corrected chi connectivity index (χ4v) is 13.1. The molecule has 12 N–H and O–H groups in total. The summed E-state index contributed by atoms with van der Waals surface area (Å²) < 4.78 is 115. The number of carbonyl (C=O) groups excluding carboxylic acids is 1. The Morgan fingerprint density at radius 2 is 1.49 bits per heavy atom. The average Bonchev–Trinajstić information content (AvgIpc) is 4.14. The van der Waals surface area contributed by atoms with Crippen molar-refractivity contribution in [3.05, 3.63) is 62.4 Å². The molecule has 424 valence electrons. The Bertz CT molecular complexity index is 3390. The van der Waals surface area contributed by atoms with Crippen LogP contribution in [-0.4, -0.2) is 164 Å². The Hall–Kier alpha value is -5.11. The maximum atomic E-state index is 13.5. The number of rotatable bonds is 22. The number of carbonyl (C=O) groups is 1. The number of nitrogens with zero attached hydrogens (tertiary/aromatic N) is 8. The number of imidazole rings is 2. The Morgan fingerprint density at radius 1 is 0.844 bits per heavy atom. The molecule has 3 fully saturated rings. The number of methoxy groups -OCH3 is 2. The van der Waals surface area contributed by atoms with Crippen LogP contribution in [0.15, 0.2) is 45.6 Å². The molecule has 16 atom stereocenters. The first-order valence-corrected chi connectivity index (χ1v) is 28.0. The summed E-state index contributed by atoms with van der Waals surface area (Å²) in [4.78, 5) is 114. The molecule has 0 bridgehead atoms. The third kappa shape index (κ3) is 12.7. The molecule has 8 heterocycles. The van der Waals surface area contributed by atoms with Gasteiger partial charge in [0.25, 0.3) is 24.9 Å². The lowest BCUT2D eigenvalue weighted by Crippen LogP contribution is -2.47. The van der Waals surface area contributed by atoms with Gasteiger partial charge in [-0.25, -0.2) is 38.0 Å². The standard InChI is InChI=1S/C35H49N13O25P4/c1-14(49)38-7-15-16(68-32(24(15)63-3)48-13-45(2)21-29(48)43-34(37)44-30(21)53)8-66-75(57,58)72-77(61,62)73-76(59,60)67-10-18-25(26(64-4)33(70-18)47-12-41-20-27(36)39-11-40-28(20)47)71-74(55,56)65-9-17-22(51)23(52)31(69-17)46-6-5-19(50)42-35(46)54/h5-6,11-13,15-18,22-26,31-33,51-52H,7-10H2,1-4H3,(H10-,36,37,38,39,40,42,43,44,49,50,53,54,55,56,57,58,59,60,61,62)/t15-,16-,17-,18-,22-,23-,24-,25-,26-,31-,32-,33-/m1/s1. The number of anilines is 2. The number of hydrogen-bond donors (Lipinski definition) is 10. The second kappa shape index (κ2) is 22.6. The summed E-state index contributed by atoms with van der Waals surface area (Å²) in [5.41, 5.74) is 9.37. The number of aliphatic hydroxyl groups is 2. The molecule has 8 rings (SSSR count). The van der Waals surface area contributed by atoms with Crippen LogP contribution in [0.3, 0.4) is 0 Å². The average molecular weight is 1180 g/mol. The monoisotopic (exact) mass is 1180 g/mol. The maximum absolute atomic E-state index is 13.5. The molecule has 0 spiro atoms. The number of aliphatic hydroxyl groups excluding tert-OH is 2. The smallest absolute Gasteiger partial charge is 0.490 e. The van der Waals surface area contributed by atoms with Crippen LogP contribution in [0, 0.1) is 5.92 Å². The van der Waals surface area contributed by atoms with Gasteiger partial charge in [-0.2, -0.15) is 8.62 Å². The summed E-state index contributed by atoms with van der Waals surface area (Å²) in [5, 5.41) is 23.8. The lowest BCUT2D eigenvalue weighted by atomic mass is 9.98. The van der Waals surface area contributed by atoms with Gasteiger partial charge in [0.2, 0.25) is 17.7 Å². The normalized spacial score (nSPS) is 29.8. The quantitative estimate of drug-likeness (QED) is 0.0231. The number of hydrogen-bond acceptors (Lipinski definition) is 28. The van der Waals surface area contributed by atoms with Gasteiger partial charge in [0, 0.05) is 45.9 Å². The van der Waals surface area contributed by atoms with E-state index in [1.165, 1.54) is 41.1 Å². The number of phosphoric ester groups is 3. The Morgan fingerprint density at radius 3 is 2.14 bits per heavy atom. The van der Waals surface area contributed by atoms with E-state index in [0.29, 0.717) is 4.57 Å². The highest BCUT2D eigenvalue weighted by Crippen LogP contribution is 2.68. The van der Waals surface area contributed by atoms with Gasteiger partial charge in [-0.15, -0.1) is 0 Å². The summed E-state index contributed by atoms with van der Waals surface area (Å²) in [6, 6.07) is 0.914. The Kier molecular flexibility index (Phi) is 17.0. The van der Waals surface area contributed by atoms with E-state index in [-0.39, 0.29) is 40.6 Å². The van der Waals surface area contributed by atoms with Gasteiger partial charge in [0.15, 0.2) is 30.2 Å². The first kappa shape index (κ1) is 58.0. The number of fused-ring (bicyclic) bond motifs is 2. The summed E-state index contributed by atoms with van der Waals surface area (Å²) in [6.45, 7) is -2.33. The molecule has 42 heteroatoms. The van der Waals surface area contributed by atoms with Gasteiger partial charge < -0.3 is 79.3 Å². The number of aromatic nitrogens is 10. The van der Waals surface area contributed by atoms with E-state index in [0.717, 1.165) is 32.0 Å². The van der Waals surface area contributed by atoms with Crippen LogP contribution in [0.4, 0.5) is 11.8 Å². The SMILES string of the molecule is CO[C@@H]1[C@H](OP(=O)([O-])OC[C@H]2O[C@@H](n3ccc(=O)[nH]c3=O)[C@H](O)[C@@H]2O)[C@@H](COP(=O)(O)OP(=O)(O)OP(=O)(O)OC[C@H]2O[C@@H]([n+]3cn(C)c4c(=O)[nH]c(N)nc43)[C@H](OC)[C@@H]2CNC(C)=O)O[C@H]1n1cnc2c(N)ncnc21. The molecule has 77 heavy (non-hydrogen) atoms. The third-order valence-electron chi connectivity index (χ3n) is 12.0. The van der Waals surface area contributed by atoms with Crippen molar-refractivity contribution >= 4 is 71.3 Å². The van der Waals surface area contributed by atoms with Crippen molar-refractivity contribution in [2.24, 2.45) is 13.0 Å². The topological polar surface area (TPSA) is 528 Å². The van der Waals surface area contributed by atoms with Crippen LogP contribution >= 0.6 is 31.3 Å². The zero-order chi connectivity index (χ0) is 56.1. The summed E-state index contributed by atoms with van der Waals surface area (Å²) >= 11 is 0. The second-order valence-electron chi connectivity index (χ2n) is 17.0. The molecule has 0 aromatic carbocycles. The number of ether oxygens (including phenoxy) is 5. The minimum Gasteiger partial charge on any atom is -0.756 e. The molecular formula is C35H49N13O25P4. The van der Waals surface area contributed by atoms with E-state index < -0.39 is 147 Å². The predicted octanol–water partition coefficient (Wildman–Crippen LogP) is -4.46. The minimum atomic E-state index is -6.21. The Balaban J connectivity index is 0.951. The number of phosphoric acid groups is 4. The Labute approximate surface area is 429 Å². The summed E-state index contributed by atoms with van der Waals surface area (Å²) in [7, 11) is -19.9. The van der Waals surface area contributed by atoms with Gasteiger partial charge in [-0.1, -0.05) is 4.98 Å². The number of aryl methyl sites for hydroxylation is 1. The fourth-order valence-electron chi connectivity index (χ4n) is 8.65. The molecule has 3 aliphatic heterocycles. The van der Waals surface area contributed by atoms with Crippen molar-refractivity contribution in [1.82, 2.24) is 48.9 Å². The summed E-state index contributed by atoms with van der Waals surface area (Å²) in [5.74, 6) is -1.79. The van der Waals surface area contributed by atoms with Crippen molar-refractivity contribution in [3.63, 3.8) is 0 Å². The number of nitrogen functional groups attached to an aromatic ring is 2. The highest BCUT2D eigenvalue weighted by atomic mass is 31.3. The highest BCUT2D eigenvalue weighted by Gasteiger charge is 2.53. The van der Waals surface area contributed by atoms with Gasteiger partial charge in [-0.3, -0.25) is 51.7 Å². The molecule has 5 aromatic rings. The molecule has 4 unspecified atom stereocenters. The van der Waals surface area contributed by atoms with Gasteiger partial charge >= 0.3 is 34.8 Å². The molecule has 38 nitrogen and oxygen atoms in total. The van der Waals surface area contributed by atoms with Gasteiger partial charge in [0.1, 0.15) is 54.6 Å². The number of H-pyrrole nitrogens is 2. The first-order chi connectivity index (χ1) is 36.1. The molecule has 1 amide bonds. The van der Waals surface area contributed by atoms with Crippen LogP contribution < -0.4 is 43.1 Å². The van der Waals surface area contributed by atoms with Gasteiger partial charge in [0.05, 0.1) is 39.3 Å². The van der Waals surface area contributed by atoms with E-state index in [1.54, 1.807) is 0 Å². The molecular weight excluding hydrogens is 1130 g/mol. The number of aromatic amines is 2. The largest absolute Gasteiger partial charge is 0.756 e. The molecule has 0 radical (unpaired) electrons. The number of amides is 1. The molecule has 3 aliphatic rings. The van der Waals surface area contributed by atoms with E-state index in [2.05, 4.69) is 38.9 Å². The van der Waals surface area contributed by atoms with Crippen LogP contribution in [0.5, 0.6) is 0 Å². The lowest BCUT2D eigenvalue weighted by Gasteiger charge is -2.31. The van der Waals surface area contributed by atoms with E-state index in [9.17, 15) is 67.2 Å². The maximum Gasteiger partial charge on any atom is 0.490 e. The zero-order valence-corrected chi connectivity index (χ0v) is 43.6. The van der Waals surface area contributed by atoms with Crippen LogP contribution in [-0.2, 0) is 80.5 Å². The van der Waals surface area contributed by atoms with E-state index >= 15 is 0 Å². The number of nitrogens with one attached hydrogen (secondary N) is 3. The van der Waals surface area contributed by atoms with Crippen molar-refractivity contribution < 1.29 is 108 Å². The van der Waals surface area contributed by atoms with E-state index in [4.69, 9.17) is 53.2 Å². The fraction of sp³-hybridized carbons (Fsp3) is 0.571. The molecule has 3 saturated heterocycles. The lowest BCUT2D eigenvalue weighted by molar-refractivity contribution is -0.746. The minimum absolute atomic E-state index is 0.0100. The van der Waals surface area contributed by atoms with Gasteiger partial charge in [-0.05, 0) is 0 Å². The summed E-state index contributed by atoms with van der Waals surface area (Å²) in [6.07, 6.45) is -13.0. The molecule has 5 aromatic heterocycles. The predicted molar refractivity (Wildman–Crippen MR) is 246 cm³/mol. The number of nitrogens with two attached hydrogens (primary N) is 2. The third-order valence-corrected chi connectivity index (χ3v) is 17.2. The van der Waals surface area contributed by atoms with Crippen LogP contribution in [0.2, 0.25) is 0 Å². The first-order valence-electron chi connectivity index (χ1n) is 22.1. The van der Waals surface area contributed by atoms with Crippen LogP contribution in [0.25, 0.3) is 22.3 Å². The van der Waals surface area contributed by atoms with Crippen molar-refractivity contribution in [1.29, 1.82) is 0 Å². The highest BCUT2D eigenvalue weighted by molar-refractivity contribution is 7.66. The second-order valence-corrected chi connectivity index (χ2v) is 23.0.